The minimum atomic E-state index is -4.04. The lowest BCUT2D eigenvalue weighted by Gasteiger charge is -2.23. The highest BCUT2D eigenvalue weighted by Gasteiger charge is 2.34. The third-order valence-electron chi connectivity index (χ3n) is 2.08. The molecule has 0 nitrogen and oxygen atoms in total. The van der Waals surface area contributed by atoms with E-state index in [2.05, 4.69) is 0 Å². The SMILES string of the molecule is CCC(C)C(CC(F)(F)F)SSC(C)C. The molecule has 0 rings (SSSR count). The molecule has 0 bridgehead atoms. The largest absolute Gasteiger partial charge is 0.390 e. The first kappa shape index (κ1) is 15.5. The summed E-state index contributed by atoms with van der Waals surface area (Å²) >= 11 is 0. The van der Waals surface area contributed by atoms with Crippen molar-refractivity contribution in [3.8, 4) is 0 Å². The summed E-state index contributed by atoms with van der Waals surface area (Å²) in [5.41, 5.74) is 0. The van der Waals surface area contributed by atoms with Crippen LogP contribution in [-0.4, -0.2) is 16.7 Å². The van der Waals surface area contributed by atoms with E-state index < -0.39 is 12.6 Å². The van der Waals surface area contributed by atoms with Crippen molar-refractivity contribution >= 4 is 21.6 Å². The minimum Gasteiger partial charge on any atom is -0.171 e. The Kier molecular flexibility index (Phi) is 7.17. The Hall–Kier alpha value is 0.490. The van der Waals surface area contributed by atoms with E-state index in [-0.39, 0.29) is 11.2 Å². The van der Waals surface area contributed by atoms with E-state index in [0.717, 1.165) is 6.42 Å². The second-order valence-corrected chi connectivity index (χ2v) is 7.07. The maximum Gasteiger partial charge on any atom is 0.390 e. The number of rotatable bonds is 6. The number of hydrogen-bond acceptors (Lipinski definition) is 2. The van der Waals surface area contributed by atoms with Gasteiger partial charge in [-0.05, 0) is 5.92 Å². The van der Waals surface area contributed by atoms with Gasteiger partial charge in [0, 0.05) is 10.5 Å². The van der Waals surface area contributed by atoms with Crippen molar-refractivity contribution in [2.24, 2.45) is 5.92 Å². The summed E-state index contributed by atoms with van der Waals surface area (Å²) in [5.74, 6) is 0.114. The molecule has 15 heavy (non-hydrogen) atoms. The van der Waals surface area contributed by atoms with Crippen molar-refractivity contribution in [1.29, 1.82) is 0 Å². The highest BCUT2D eigenvalue weighted by atomic mass is 33.1. The predicted molar refractivity (Wildman–Crippen MR) is 64.2 cm³/mol. The third-order valence-corrected chi connectivity index (χ3v) is 5.69. The van der Waals surface area contributed by atoms with Crippen molar-refractivity contribution < 1.29 is 13.2 Å². The Morgan fingerprint density at radius 3 is 1.93 bits per heavy atom. The molecule has 0 fully saturated rings. The van der Waals surface area contributed by atoms with Gasteiger partial charge in [0.25, 0.3) is 0 Å². The monoisotopic (exact) mass is 260 g/mol. The quantitative estimate of drug-likeness (QED) is 0.606. The van der Waals surface area contributed by atoms with Crippen molar-refractivity contribution in [3.63, 3.8) is 0 Å². The van der Waals surface area contributed by atoms with Crippen molar-refractivity contribution in [2.45, 2.75) is 57.2 Å². The average Bonchev–Trinajstić information content (AvgIpc) is 2.08. The van der Waals surface area contributed by atoms with Gasteiger partial charge >= 0.3 is 6.18 Å². The summed E-state index contributed by atoms with van der Waals surface area (Å²) in [6.45, 7) is 7.83. The molecule has 2 unspecified atom stereocenters. The van der Waals surface area contributed by atoms with Crippen molar-refractivity contribution in [1.82, 2.24) is 0 Å². The Morgan fingerprint density at radius 1 is 1.07 bits per heavy atom. The molecular weight excluding hydrogens is 241 g/mol. The zero-order valence-electron chi connectivity index (χ0n) is 9.60. The van der Waals surface area contributed by atoms with Crippen LogP contribution >= 0.6 is 21.6 Å². The van der Waals surface area contributed by atoms with Crippen LogP contribution in [-0.2, 0) is 0 Å². The fourth-order valence-corrected chi connectivity index (χ4v) is 3.88. The maximum absolute atomic E-state index is 12.3. The molecule has 0 aromatic carbocycles. The molecule has 92 valence electrons. The molecular formula is C10H19F3S2. The highest BCUT2D eigenvalue weighted by molar-refractivity contribution is 8.77. The molecule has 0 aliphatic heterocycles. The summed E-state index contributed by atoms with van der Waals surface area (Å²) in [5, 5.41) is 0.0530. The van der Waals surface area contributed by atoms with Gasteiger partial charge in [0.05, 0.1) is 6.42 Å². The van der Waals surface area contributed by atoms with Crippen LogP contribution in [0, 0.1) is 5.92 Å². The third kappa shape index (κ3) is 8.31. The summed E-state index contributed by atoms with van der Waals surface area (Å²) < 4.78 is 36.9. The van der Waals surface area contributed by atoms with E-state index >= 15 is 0 Å². The van der Waals surface area contributed by atoms with Crippen molar-refractivity contribution in [2.75, 3.05) is 0 Å². The number of halogens is 3. The second-order valence-electron chi connectivity index (χ2n) is 3.98. The molecule has 0 saturated carbocycles. The zero-order chi connectivity index (χ0) is 12.1. The number of alkyl halides is 3. The van der Waals surface area contributed by atoms with Gasteiger partial charge in [0.2, 0.25) is 0 Å². The molecule has 0 aromatic heterocycles. The maximum atomic E-state index is 12.3. The first-order valence-electron chi connectivity index (χ1n) is 5.15. The van der Waals surface area contributed by atoms with E-state index in [1.54, 1.807) is 10.8 Å². The van der Waals surface area contributed by atoms with Crippen molar-refractivity contribution in [3.05, 3.63) is 0 Å². The summed E-state index contributed by atoms with van der Waals surface area (Å²) in [6.07, 6.45) is -3.92. The van der Waals surface area contributed by atoms with Crippen LogP contribution in [0.15, 0.2) is 0 Å². The number of hydrogen-bond donors (Lipinski definition) is 0. The molecule has 5 heteroatoms. The summed E-state index contributed by atoms with van der Waals surface area (Å²) in [7, 11) is 2.93. The lowest BCUT2D eigenvalue weighted by molar-refractivity contribution is -0.135. The topological polar surface area (TPSA) is 0 Å². The molecule has 0 aliphatic carbocycles. The van der Waals surface area contributed by atoms with Crippen LogP contribution in [0.2, 0.25) is 0 Å². The fraction of sp³-hybridized carbons (Fsp3) is 1.00. The first-order valence-corrected chi connectivity index (χ1v) is 7.42. The van der Waals surface area contributed by atoms with E-state index in [0.29, 0.717) is 5.25 Å². The standard InChI is InChI=1S/C10H19F3S2/c1-5-8(4)9(6-10(11,12)13)15-14-7(2)3/h7-9H,5-6H2,1-4H3. The fourth-order valence-electron chi connectivity index (χ4n) is 1.00. The Balaban J connectivity index is 4.19. The zero-order valence-corrected chi connectivity index (χ0v) is 11.2. The van der Waals surface area contributed by atoms with Gasteiger partial charge in [0.15, 0.2) is 0 Å². The molecule has 0 aliphatic rings. The van der Waals surface area contributed by atoms with Crippen LogP contribution in [0.3, 0.4) is 0 Å². The van der Waals surface area contributed by atoms with Crippen LogP contribution in [0.4, 0.5) is 13.2 Å². The van der Waals surface area contributed by atoms with E-state index in [9.17, 15) is 13.2 Å². The Bertz CT molecular complexity index is 169. The molecule has 0 saturated heterocycles. The molecule has 0 spiro atoms. The average molecular weight is 260 g/mol. The summed E-state index contributed by atoms with van der Waals surface area (Å²) in [6, 6.07) is 0. The van der Waals surface area contributed by atoms with E-state index in [4.69, 9.17) is 0 Å². The van der Waals surface area contributed by atoms with Crippen LogP contribution in [0.25, 0.3) is 0 Å². The predicted octanol–water partition coefficient (Wildman–Crippen LogP) is 5.14. The first-order chi connectivity index (χ1) is 6.76. The Morgan fingerprint density at radius 2 is 1.60 bits per heavy atom. The van der Waals surface area contributed by atoms with Crippen LogP contribution < -0.4 is 0 Å². The highest BCUT2D eigenvalue weighted by Crippen LogP contribution is 2.40. The lowest BCUT2D eigenvalue weighted by atomic mass is 10.0. The van der Waals surface area contributed by atoms with Gasteiger partial charge in [-0.3, -0.25) is 0 Å². The molecule has 0 heterocycles. The van der Waals surface area contributed by atoms with Crippen LogP contribution in [0.1, 0.15) is 40.5 Å². The minimum absolute atomic E-state index is 0.114. The lowest BCUT2D eigenvalue weighted by Crippen LogP contribution is -2.22. The van der Waals surface area contributed by atoms with Gasteiger partial charge in [-0.2, -0.15) is 13.2 Å². The van der Waals surface area contributed by atoms with Gasteiger partial charge in [-0.25, -0.2) is 0 Å². The summed E-state index contributed by atoms with van der Waals surface area (Å²) in [4.78, 5) is 0. The molecule has 0 amide bonds. The second kappa shape index (κ2) is 6.94. The van der Waals surface area contributed by atoms with Crippen LogP contribution in [0.5, 0.6) is 0 Å². The van der Waals surface area contributed by atoms with Gasteiger partial charge in [-0.15, -0.1) is 0 Å². The molecule has 0 radical (unpaired) electrons. The molecule has 0 N–H and O–H groups in total. The molecule has 2 atom stereocenters. The molecule has 0 aromatic rings. The Labute approximate surface area is 98.2 Å². The van der Waals surface area contributed by atoms with Gasteiger partial charge in [-0.1, -0.05) is 55.7 Å². The van der Waals surface area contributed by atoms with E-state index in [1.165, 1.54) is 10.8 Å². The normalized spacial score (nSPS) is 16.8. The van der Waals surface area contributed by atoms with Gasteiger partial charge in [0.1, 0.15) is 0 Å². The van der Waals surface area contributed by atoms with E-state index in [1.807, 2.05) is 27.7 Å². The smallest absolute Gasteiger partial charge is 0.171 e. The van der Waals surface area contributed by atoms with Gasteiger partial charge < -0.3 is 0 Å².